The number of anilines is 1. The van der Waals surface area contributed by atoms with Gasteiger partial charge in [-0.3, -0.25) is 9.59 Å². The second kappa shape index (κ2) is 8.66. The van der Waals surface area contributed by atoms with Crippen LogP contribution in [0.1, 0.15) is 31.4 Å². The molecule has 2 aromatic carbocycles. The number of esters is 1. The van der Waals surface area contributed by atoms with Crippen molar-refractivity contribution in [2.75, 3.05) is 5.32 Å². The molecule has 0 radical (unpaired) electrons. The van der Waals surface area contributed by atoms with Crippen molar-refractivity contribution in [3.63, 3.8) is 0 Å². The van der Waals surface area contributed by atoms with E-state index in [1.165, 1.54) is 34.1 Å². The highest BCUT2D eigenvalue weighted by molar-refractivity contribution is 7.16. The number of hydrogen-bond acceptors (Lipinski definition) is 7. The van der Waals surface area contributed by atoms with Gasteiger partial charge in [-0.25, -0.2) is 9.78 Å². The standard InChI is InChI=1S/C21H15ClN4O4S/c1-12-25-26-18(27)10-17(24-21(26)31-12)11-30-20(29)13-5-7-16(8-6-13)23-19(28)14-3-2-4-15(22)9-14/h2-10H,11H2,1H3,(H,23,28). The van der Waals surface area contributed by atoms with E-state index in [1.54, 1.807) is 43.3 Å². The fraction of sp³-hybridized carbons (Fsp3) is 0.0952. The van der Waals surface area contributed by atoms with Crippen molar-refractivity contribution in [3.05, 3.63) is 91.8 Å². The molecule has 4 aromatic rings. The molecule has 0 fully saturated rings. The van der Waals surface area contributed by atoms with Crippen LogP contribution >= 0.6 is 22.9 Å². The molecule has 0 saturated heterocycles. The van der Waals surface area contributed by atoms with Gasteiger partial charge in [0.25, 0.3) is 11.5 Å². The number of aromatic nitrogens is 3. The monoisotopic (exact) mass is 454 g/mol. The summed E-state index contributed by atoms with van der Waals surface area (Å²) in [7, 11) is 0. The average molecular weight is 455 g/mol. The molecule has 0 aliphatic carbocycles. The van der Waals surface area contributed by atoms with Crippen LogP contribution in [0.3, 0.4) is 0 Å². The zero-order chi connectivity index (χ0) is 22.0. The number of nitrogens with zero attached hydrogens (tertiary/aromatic N) is 3. The summed E-state index contributed by atoms with van der Waals surface area (Å²) < 4.78 is 6.47. The van der Waals surface area contributed by atoms with E-state index in [0.717, 1.165) is 0 Å². The molecule has 1 N–H and O–H groups in total. The first-order valence-electron chi connectivity index (χ1n) is 9.09. The summed E-state index contributed by atoms with van der Waals surface area (Å²) in [5.41, 5.74) is 1.24. The summed E-state index contributed by atoms with van der Waals surface area (Å²) in [5.74, 6) is -0.890. The van der Waals surface area contributed by atoms with Gasteiger partial charge in [-0.15, -0.1) is 0 Å². The lowest BCUT2D eigenvalue weighted by molar-refractivity contribution is 0.0467. The molecular formula is C21H15ClN4O4S. The molecule has 4 rings (SSSR count). The number of ether oxygens (including phenoxy) is 1. The SMILES string of the molecule is Cc1nn2c(=O)cc(COC(=O)c3ccc(NC(=O)c4cccc(Cl)c4)cc3)nc2s1. The number of carbonyl (C=O) groups excluding carboxylic acids is 2. The van der Waals surface area contributed by atoms with Crippen LogP contribution in [-0.2, 0) is 11.3 Å². The minimum absolute atomic E-state index is 0.144. The lowest BCUT2D eigenvalue weighted by Gasteiger charge is -2.07. The molecule has 2 aromatic heterocycles. The molecule has 10 heteroatoms. The Kier molecular flexibility index (Phi) is 5.79. The lowest BCUT2D eigenvalue weighted by Crippen LogP contribution is -2.16. The zero-order valence-electron chi connectivity index (χ0n) is 16.2. The number of nitrogens with one attached hydrogen (secondary N) is 1. The minimum atomic E-state index is -0.574. The number of amides is 1. The molecule has 0 unspecified atom stereocenters. The quantitative estimate of drug-likeness (QED) is 0.461. The number of hydrogen-bond donors (Lipinski definition) is 1. The van der Waals surface area contributed by atoms with Crippen molar-refractivity contribution in [1.82, 2.24) is 14.6 Å². The summed E-state index contributed by atoms with van der Waals surface area (Å²) in [5, 5.41) is 7.97. The molecular weight excluding hydrogens is 440 g/mol. The van der Waals surface area contributed by atoms with Crippen molar-refractivity contribution in [3.8, 4) is 0 Å². The van der Waals surface area contributed by atoms with Gasteiger partial charge < -0.3 is 10.1 Å². The smallest absolute Gasteiger partial charge is 0.338 e. The first kappa shape index (κ1) is 20.7. The van der Waals surface area contributed by atoms with E-state index in [2.05, 4.69) is 15.4 Å². The molecule has 0 spiro atoms. The van der Waals surface area contributed by atoms with Crippen LogP contribution < -0.4 is 10.9 Å². The van der Waals surface area contributed by atoms with Crippen molar-refractivity contribution in [2.45, 2.75) is 13.5 Å². The second-order valence-electron chi connectivity index (χ2n) is 6.52. The summed E-state index contributed by atoms with van der Waals surface area (Å²) in [6.07, 6.45) is 0. The topological polar surface area (TPSA) is 103 Å². The maximum atomic E-state index is 12.3. The number of carbonyl (C=O) groups is 2. The molecule has 8 nitrogen and oxygen atoms in total. The van der Waals surface area contributed by atoms with Gasteiger partial charge in [-0.2, -0.15) is 9.61 Å². The Hall–Kier alpha value is -3.56. The van der Waals surface area contributed by atoms with Crippen LogP contribution in [0.5, 0.6) is 0 Å². The lowest BCUT2D eigenvalue weighted by atomic mass is 10.2. The Labute approximate surface area is 185 Å². The van der Waals surface area contributed by atoms with E-state index < -0.39 is 5.97 Å². The summed E-state index contributed by atoms with van der Waals surface area (Å²) in [6, 6.07) is 14.1. The molecule has 0 aliphatic heterocycles. The fourth-order valence-corrected chi connectivity index (χ4v) is 3.73. The van der Waals surface area contributed by atoms with Gasteiger partial charge in [-0.05, 0) is 49.4 Å². The fourth-order valence-electron chi connectivity index (χ4n) is 2.77. The second-order valence-corrected chi connectivity index (χ2v) is 8.12. The Bertz CT molecular complexity index is 1350. The molecule has 0 bridgehead atoms. The highest BCUT2D eigenvalue weighted by atomic mass is 35.5. The van der Waals surface area contributed by atoms with Crippen LogP contribution in [0.15, 0.2) is 59.4 Å². The highest BCUT2D eigenvalue weighted by Crippen LogP contribution is 2.16. The maximum Gasteiger partial charge on any atom is 0.338 e. The van der Waals surface area contributed by atoms with E-state index in [1.807, 2.05) is 0 Å². The van der Waals surface area contributed by atoms with Gasteiger partial charge in [0.2, 0.25) is 4.96 Å². The van der Waals surface area contributed by atoms with Gasteiger partial charge in [0.05, 0.1) is 11.3 Å². The third kappa shape index (κ3) is 4.79. The molecule has 0 aliphatic rings. The van der Waals surface area contributed by atoms with Gasteiger partial charge in [0.1, 0.15) is 11.6 Å². The summed E-state index contributed by atoms with van der Waals surface area (Å²) in [4.78, 5) is 41.4. The third-order valence-corrected chi connectivity index (χ3v) is 5.27. The number of aryl methyl sites for hydroxylation is 1. The first-order valence-corrected chi connectivity index (χ1v) is 10.3. The molecule has 31 heavy (non-hydrogen) atoms. The Balaban J connectivity index is 1.39. The van der Waals surface area contributed by atoms with Crippen molar-refractivity contribution in [2.24, 2.45) is 0 Å². The van der Waals surface area contributed by atoms with Crippen molar-refractivity contribution in [1.29, 1.82) is 0 Å². The summed E-state index contributed by atoms with van der Waals surface area (Å²) >= 11 is 7.18. The minimum Gasteiger partial charge on any atom is -0.456 e. The Morgan fingerprint density at radius 2 is 1.90 bits per heavy atom. The molecule has 1 amide bonds. The van der Waals surface area contributed by atoms with Crippen LogP contribution in [0.2, 0.25) is 5.02 Å². The van der Waals surface area contributed by atoms with E-state index in [0.29, 0.717) is 37.5 Å². The number of rotatable bonds is 5. The Morgan fingerprint density at radius 3 is 2.65 bits per heavy atom. The van der Waals surface area contributed by atoms with Crippen LogP contribution in [0.25, 0.3) is 4.96 Å². The third-order valence-electron chi connectivity index (χ3n) is 4.22. The van der Waals surface area contributed by atoms with Crippen LogP contribution in [-0.4, -0.2) is 26.5 Å². The largest absolute Gasteiger partial charge is 0.456 e. The molecule has 0 atom stereocenters. The highest BCUT2D eigenvalue weighted by Gasteiger charge is 2.12. The van der Waals surface area contributed by atoms with Crippen molar-refractivity contribution >= 4 is 45.5 Å². The normalized spacial score (nSPS) is 10.8. The van der Waals surface area contributed by atoms with E-state index in [4.69, 9.17) is 16.3 Å². The van der Waals surface area contributed by atoms with Gasteiger partial charge in [0, 0.05) is 22.3 Å². The average Bonchev–Trinajstić information content (AvgIpc) is 3.13. The van der Waals surface area contributed by atoms with Gasteiger partial charge in [0.15, 0.2) is 0 Å². The molecule has 2 heterocycles. The van der Waals surface area contributed by atoms with Crippen LogP contribution in [0, 0.1) is 6.92 Å². The van der Waals surface area contributed by atoms with E-state index in [9.17, 15) is 14.4 Å². The summed E-state index contributed by atoms with van der Waals surface area (Å²) in [6.45, 7) is 1.63. The van der Waals surface area contributed by atoms with E-state index >= 15 is 0 Å². The van der Waals surface area contributed by atoms with Crippen molar-refractivity contribution < 1.29 is 14.3 Å². The van der Waals surface area contributed by atoms with Crippen LogP contribution in [0.4, 0.5) is 5.69 Å². The number of fused-ring (bicyclic) bond motifs is 1. The molecule has 156 valence electrons. The predicted octanol–water partition coefficient (Wildman–Crippen LogP) is 3.72. The zero-order valence-corrected chi connectivity index (χ0v) is 17.7. The van der Waals surface area contributed by atoms with Gasteiger partial charge in [-0.1, -0.05) is 29.0 Å². The van der Waals surface area contributed by atoms with Gasteiger partial charge >= 0.3 is 5.97 Å². The number of halogens is 1. The number of benzene rings is 2. The first-order chi connectivity index (χ1) is 14.9. The Morgan fingerprint density at radius 1 is 1.13 bits per heavy atom. The predicted molar refractivity (Wildman–Crippen MR) is 117 cm³/mol. The maximum absolute atomic E-state index is 12.3. The van der Waals surface area contributed by atoms with E-state index in [-0.39, 0.29) is 18.1 Å². The molecule has 0 saturated carbocycles.